The minimum Gasteiger partial charge on any atom is -0.488 e. The molecule has 0 radical (unpaired) electrons. The van der Waals surface area contributed by atoms with E-state index >= 15 is 0 Å². The fourth-order valence-electron chi connectivity index (χ4n) is 4.51. The van der Waals surface area contributed by atoms with Crippen LogP contribution in [0.2, 0.25) is 0 Å². The zero-order chi connectivity index (χ0) is 20.5. The van der Waals surface area contributed by atoms with Gasteiger partial charge in [0, 0.05) is 31.9 Å². The Morgan fingerprint density at radius 3 is 2.73 bits per heavy atom. The van der Waals surface area contributed by atoms with Crippen molar-refractivity contribution >= 4 is 16.6 Å². The van der Waals surface area contributed by atoms with Crippen LogP contribution in [0.1, 0.15) is 32.6 Å². The Morgan fingerprint density at radius 1 is 1.20 bits per heavy atom. The lowest BCUT2D eigenvalue weighted by Crippen LogP contribution is -2.46. The van der Waals surface area contributed by atoms with Gasteiger partial charge in [-0.1, -0.05) is 0 Å². The maximum Gasteiger partial charge on any atom is 0.290 e. The van der Waals surface area contributed by atoms with Crippen LogP contribution < -0.4 is 15.2 Å². The summed E-state index contributed by atoms with van der Waals surface area (Å²) in [6.07, 6.45) is 4.18. The number of anilines is 1. The van der Waals surface area contributed by atoms with Crippen molar-refractivity contribution in [3.8, 4) is 17.1 Å². The summed E-state index contributed by atoms with van der Waals surface area (Å²) in [5.74, 6) is 0.832. The third kappa shape index (κ3) is 2.81. The summed E-state index contributed by atoms with van der Waals surface area (Å²) in [7, 11) is 1.69. The molecule has 0 bridgehead atoms. The van der Waals surface area contributed by atoms with Gasteiger partial charge in [0.05, 0.1) is 17.7 Å². The zero-order valence-corrected chi connectivity index (χ0v) is 17.3. The van der Waals surface area contributed by atoms with Crippen molar-refractivity contribution in [2.24, 2.45) is 7.05 Å². The van der Waals surface area contributed by atoms with E-state index in [0.717, 1.165) is 67.7 Å². The first-order chi connectivity index (χ1) is 14.4. The summed E-state index contributed by atoms with van der Waals surface area (Å²) in [6.45, 7) is 4.51. The van der Waals surface area contributed by atoms with Crippen molar-refractivity contribution in [3.05, 3.63) is 34.6 Å². The number of fused-ring (bicyclic) bond motifs is 1. The van der Waals surface area contributed by atoms with Crippen LogP contribution in [0.3, 0.4) is 0 Å². The van der Waals surface area contributed by atoms with Gasteiger partial charge in [-0.15, -0.1) is 0 Å². The third-order valence-electron chi connectivity index (χ3n) is 6.76. The molecule has 0 amide bonds. The van der Waals surface area contributed by atoms with Crippen LogP contribution in [0.15, 0.2) is 29.1 Å². The number of aryl methyl sites for hydroxylation is 1. The molecule has 30 heavy (non-hydrogen) atoms. The predicted molar refractivity (Wildman–Crippen MR) is 113 cm³/mol. The Bertz CT molecular complexity index is 1210. The standard InChI is InChI=1S/C22H25N5O3/c1-21(5-6-21)30-14-3-4-16-15(11-14)19(24-23-16)17-12-18(20(28)26(2)25-17)27-9-7-22(13-27)8-10-29-22/h3-4,11-12H,5-10,13H2,1-2H3,(H,23,24). The fraction of sp³-hybridized carbons (Fsp3) is 0.500. The van der Waals surface area contributed by atoms with Gasteiger partial charge in [-0.3, -0.25) is 9.89 Å². The molecule has 8 nitrogen and oxygen atoms in total. The molecule has 2 aliphatic heterocycles. The van der Waals surface area contributed by atoms with Gasteiger partial charge in [0.2, 0.25) is 0 Å². The normalized spacial score (nSPS) is 24.4. The van der Waals surface area contributed by atoms with Crippen LogP contribution in [0.4, 0.5) is 5.69 Å². The highest BCUT2D eigenvalue weighted by molar-refractivity contribution is 5.93. The van der Waals surface area contributed by atoms with E-state index in [4.69, 9.17) is 9.47 Å². The molecular formula is C22H25N5O3. The molecule has 1 aromatic carbocycles. The lowest BCUT2D eigenvalue weighted by atomic mass is 9.94. The first kappa shape index (κ1) is 17.9. The quantitative estimate of drug-likeness (QED) is 0.716. The van der Waals surface area contributed by atoms with Crippen molar-refractivity contribution in [1.29, 1.82) is 0 Å². The second kappa shape index (κ2) is 6.07. The molecule has 3 aromatic rings. The van der Waals surface area contributed by atoms with Gasteiger partial charge in [-0.25, -0.2) is 4.68 Å². The molecule has 8 heteroatoms. The van der Waals surface area contributed by atoms with Crippen molar-refractivity contribution in [1.82, 2.24) is 20.0 Å². The SMILES string of the molecule is Cn1nc(-c2n[nH]c3ccc(OC4(C)CC4)cc23)cc(N2CCC3(CCO3)C2)c1=O. The molecule has 1 N–H and O–H groups in total. The largest absolute Gasteiger partial charge is 0.488 e. The highest BCUT2D eigenvalue weighted by atomic mass is 16.5. The van der Waals surface area contributed by atoms with Crippen LogP contribution >= 0.6 is 0 Å². The first-order valence-electron chi connectivity index (χ1n) is 10.6. The third-order valence-corrected chi connectivity index (χ3v) is 6.76. The smallest absolute Gasteiger partial charge is 0.290 e. The van der Waals surface area contributed by atoms with Gasteiger partial charge < -0.3 is 14.4 Å². The topological polar surface area (TPSA) is 85.3 Å². The van der Waals surface area contributed by atoms with E-state index in [1.165, 1.54) is 4.68 Å². The van der Waals surface area contributed by atoms with Gasteiger partial charge in [0.1, 0.15) is 28.4 Å². The molecule has 156 valence electrons. The summed E-state index contributed by atoms with van der Waals surface area (Å²) in [5.41, 5.74) is 2.75. The summed E-state index contributed by atoms with van der Waals surface area (Å²) in [5, 5.41) is 13.0. The molecule has 2 aromatic heterocycles. The molecule has 1 saturated carbocycles. The van der Waals surface area contributed by atoms with Crippen molar-refractivity contribution in [2.45, 2.75) is 43.8 Å². The Hall–Kier alpha value is -2.87. The summed E-state index contributed by atoms with van der Waals surface area (Å²) in [6, 6.07) is 7.83. The first-order valence-corrected chi connectivity index (χ1v) is 10.6. The van der Waals surface area contributed by atoms with Gasteiger partial charge in [-0.2, -0.15) is 10.2 Å². The van der Waals surface area contributed by atoms with Gasteiger partial charge >= 0.3 is 0 Å². The number of rotatable bonds is 4. The minimum absolute atomic E-state index is 0.0467. The average Bonchev–Trinajstić information content (AvgIpc) is 3.11. The number of ether oxygens (including phenoxy) is 2. The molecule has 4 heterocycles. The second-order valence-electron chi connectivity index (χ2n) is 9.13. The Kier molecular flexibility index (Phi) is 3.63. The minimum atomic E-state index is -0.0966. The van der Waals surface area contributed by atoms with Crippen LogP contribution in [-0.2, 0) is 11.8 Å². The van der Waals surface area contributed by atoms with E-state index in [9.17, 15) is 4.79 Å². The molecule has 3 aliphatic rings. The highest BCUT2D eigenvalue weighted by Crippen LogP contribution is 2.41. The Labute approximate surface area is 173 Å². The van der Waals surface area contributed by atoms with E-state index in [0.29, 0.717) is 11.4 Å². The number of aromatic nitrogens is 4. The Balaban J connectivity index is 1.40. The molecule has 2 saturated heterocycles. The van der Waals surface area contributed by atoms with Crippen LogP contribution in [0, 0.1) is 0 Å². The van der Waals surface area contributed by atoms with Crippen molar-refractivity contribution in [3.63, 3.8) is 0 Å². The number of hydrogen-bond donors (Lipinski definition) is 1. The van der Waals surface area contributed by atoms with Gasteiger partial charge in [0.15, 0.2) is 0 Å². The molecule has 3 fully saturated rings. The monoisotopic (exact) mass is 407 g/mol. The van der Waals surface area contributed by atoms with Gasteiger partial charge in [0.25, 0.3) is 5.56 Å². The second-order valence-corrected chi connectivity index (χ2v) is 9.13. The molecule has 6 rings (SSSR count). The predicted octanol–water partition coefficient (Wildman–Crippen LogP) is 2.62. The van der Waals surface area contributed by atoms with E-state index < -0.39 is 0 Å². The molecule has 1 unspecified atom stereocenters. The van der Waals surface area contributed by atoms with E-state index in [2.05, 4.69) is 27.1 Å². The maximum atomic E-state index is 12.8. The lowest BCUT2D eigenvalue weighted by Gasteiger charge is -2.38. The van der Waals surface area contributed by atoms with Crippen molar-refractivity contribution in [2.75, 3.05) is 24.6 Å². The van der Waals surface area contributed by atoms with E-state index in [1.54, 1.807) is 7.05 Å². The molecular weight excluding hydrogens is 382 g/mol. The summed E-state index contributed by atoms with van der Waals surface area (Å²) >= 11 is 0. The fourth-order valence-corrected chi connectivity index (χ4v) is 4.51. The molecule has 1 aliphatic carbocycles. The number of nitrogens with one attached hydrogen (secondary N) is 1. The van der Waals surface area contributed by atoms with Crippen LogP contribution in [0.25, 0.3) is 22.3 Å². The van der Waals surface area contributed by atoms with E-state index in [-0.39, 0.29) is 16.8 Å². The zero-order valence-electron chi connectivity index (χ0n) is 17.3. The van der Waals surface area contributed by atoms with Crippen molar-refractivity contribution < 1.29 is 9.47 Å². The van der Waals surface area contributed by atoms with E-state index in [1.807, 2.05) is 24.3 Å². The number of H-pyrrole nitrogens is 1. The summed E-state index contributed by atoms with van der Waals surface area (Å²) in [4.78, 5) is 15.0. The van der Waals surface area contributed by atoms with Crippen LogP contribution in [0.5, 0.6) is 5.75 Å². The molecule has 1 atom stereocenters. The number of nitrogens with zero attached hydrogens (tertiary/aromatic N) is 4. The maximum absolute atomic E-state index is 12.8. The number of hydrogen-bond acceptors (Lipinski definition) is 6. The number of benzene rings is 1. The average molecular weight is 407 g/mol. The summed E-state index contributed by atoms with van der Waals surface area (Å²) < 4.78 is 13.4. The van der Waals surface area contributed by atoms with Crippen LogP contribution in [-0.4, -0.2) is 50.9 Å². The lowest BCUT2D eigenvalue weighted by molar-refractivity contribution is -0.130. The Morgan fingerprint density at radius 2 is 2.03 bits per heavy atom. The molecule has 1 spiro atoms. The number of aromatic amines is 1. The highest BCUT2D eigenvalue weighted by Gasteiger charge is 2.45. The van der Waals surface area contributed by atoms with Gasteiger partial charge in [-0.05, 0) is 50.5 Å².